The quantitative estimate of drug-likeness (QED) is 0.401. The van der Waals surface area contributed by atoms with E-state index in [-0.39, 0.29) is 0 Å². The van der Waals surface area contributed by atoms with Crippen LogP contribution in [-0.2, 0) is 0 Å². The number of hydrogen-bond donors (Lipinski definition) is 1. The van der Waals surface area contributed by atoms with E-state index in [1.807, 2.05) is 13.0 Å². The summed E-state index contributed by atoms with van der Waals surface area (Å²) in [6, 6.07) is 3.62. The van der Waals surface area contributed by atoms with Crippen molar-refractivity contribution in [3.63, 3.8) is 0 Å². The summed E-state index contributed by atoms with van der Waals surface area (Å²) in [5.41, 5.74) is 0.770. The third-order valence-corrected chi connectivity index (χ3v) is 2.54. The van der Waals surface area contributed by atoms with Gasteiger partial charge < -0.3 is 14.7 Å². The molecule has 0 amide bonds. The van der Waals surface area contributed by atoms with Crippen LogP contribution >= 0.6 is 22.6 Å². The topological polar surface area (TPSA) is 51.0 Å². The number of ether oxygens (including phenoxy) is 2. The highest BCUT2D eigenvalue weighted by Crippen LogP contribution is 2.33. The first-order chi connectivity index (χ1) is 7.22. The van der Waals surface area contributed by atoms with E-state index in [1.54, 1.807) is 13.2 Å². The molecule has 82 valence electrons. The van der Waals surface area contributed by atoms with Crippen LogP contribution in [0.3, 0.4) is 0 Å². The summed E-state index contributed by atoms with van der Waals surface area (Å²) in [5.74, 6) is 1.36. The molecule has 0 aliphatic heterocycles. The molecule has 0 spiro atoms. The third kappa shape index (κ3) is 2.98. The van der Waals surface area contributed by atoms with Gasteiger partial charge in [-0.1, -0.05) is 5.16 Å². The number of nitrogens with zero attached hydrogens (tertiary/aromatic N) is 1. The minimum absolute atomic E-state index is 0.562. The van der Waals surface area contributed by atoms with Crippen molar-refractivity contribution in [2.45, 2.75) is 6.92 Å². The van der Waals surface area contributed by atoms with Crippen molar-refractivity contribution in [2.75, 3.05) is 13.7 Å². The largest absolute Gasteiger partial charge is 0.492 e. The summed E-state index contributed by atoms with van der Waals surface area (Å²) >= 11 is 2.14. The highest BCUT2D eigenvalue weighted by atomic mass is 127. The highest BCUT2D eigenvalue weighted by Gasteiger charge is 2.09. The predicted octanol–water partition coefficient (Wildman–Crippen LogP) is 2.51. The van der Waals surface area contributed by atoms with Gasteiger partial charge in [0.2, 0.25) is 0 Å². The minimum Gasteiger partial charge on any atom is -0.492 e. The Morgan fingerprint density at radius 2 is 2.27 bits per heavy atom. The molecule has 1 aromatic carbocycles. The van der Waals surface area contributed by atoms with Crippen molar-refractivity contribution in [3.8, 4) is 11.5 Å². The van der Waals surface area contributed by atoms with Gasteiger partial charge in [-0.05, 0) is 41.6 Å². The maximum absolute atomic E-state index is 8.45. The average Bonchev–Trinajstić information content (AvgIpc) is 2.18. The molecule has 0 radical (unpaired) electrons. The van der Waals surface area contributed by atoms with Gasteiger partial charge in [0.1, 0.15) is 0 Å². The van der Waals surface area contributed by atoms with Crippen LogP contribution in [0.1, 0.15) is 12.5 Å². The lowest BCUT2D eigenvalue weighted by Gasteiger charge is -2.11. The molecule has 0 unspecified atom stereocenters. The number of rotatable bonds is 4. The molecule has 0 saturated carbocycles. The molecule has 4 nitrogen and oxygen atoms in total. The summed E-state index contributed by atoms with van der Waals surface area (Å²) in [6.45, 7) is 2.46. The van der Waals surface area contributed by atoms with E-state index < -0.39 is 0 Å². The van der Waals surface area contributed by atoms with Crippen molar-refractivity contribution in [2.24, 2.45) is 5.16 Å². The zero-order chi connectivity index (χ0) is 11.3. The van der Waals surface area contributed by atoms with E-state index in [0.717, 1.165) is 9.13 Å². The summed E-state index contributed by atoms with van der Waals surface area (Å²) < 4.78 is 11.6. The zero-order valence-electron chi connectivity index (χ0n) is 8.53. The molecule has 1 aromatic rings. The first kappa shape index (κ1) is 12.1. The Bertz CT molecular complexity index is 366. The van der Waals surface area contributed by atoms with E-state index >= 15 is 0 Å². The molecule has 15 heavy (non-hydrogen) atoms. The maximum Gasteiger partial charge on any atom is 0.174 e. The second-order valence-electron chi connectivity index (χ2n) is 2.71. The average molecular weight is 321 g/mol. The Hall–Kier alpha value is -0.980. The van der Waals surface area contributed by atoms with Crippen LogP contribution in [0.25, 0.3) is 0 Å². The molecule has 5 heteroatoms. The van der Waals surface area contributed by atoms with Gasteiger partial charge in [-0.3, -0.25) is 0 Å². The van der Waals surface area contributed by atoms with E-state index in [2.05, 4.69) is 27.7 Å². The van der Waals surface area contributed by atoms with Crippen LogP contribution < -0.4 is 9.47 Å². The van der Waals surface area contributed by atoms with Crippen LogP contribution in [0.15, 0.2) is 17.3 Å². The van der Waals surface area contributed by atoms with Crippen molar-refractivity contribution < 1.29 is 14.7 Å². The van der Waals surface area contributed by atoms with Gasteiger partial charge in [0.25, 0.3) is 0 Å². The smallest absolute Gasteiger partial charge is 0.174 e. The normalized spacial score (nSPS) is 10.6. The Kier molecular flexibility index (Phi) is 4.67. The first-order valence-corrected chi connectivity index (χ1v) is 5.48. The number of oxime groups is 1. The number of methoxy groups -OCH3 is 1. The van der Waals surface area contributed by atoms with Gasteiger partial charge in [0.05, 0.1) is 23.5 Å². The van der Waals surface area contributed by atoms with Crippen molar-refractivity contribution in [1.29, 1.82) is 0 Å². The summed E-state index contributed by atoms with van der Waals surface area (Å²) in [5, 5.41) is 11.4. The molecular formula is C10H12INO3. The number of hydrogen-bond acceptors (Lipinski definition) is 4. The first-order valence-electron chi connectivity index (χ1n) is 4.40. The molecule has 1 N–H and O–H groups in total. The summed E-state index contributed by atoms with van der Waals surface area (Å²) in [4.78, 5) is 0. The van der Waals surface area contributed by atoms with E-state index in [4.69, 9.17) is 14.7 Å². The molecule has 1 rings (SSSR count). The Labute approximate surface area is 102 Å². The lowest BCUT2D eigenvalue weighted by atomic mass is 10.2. The van der Waals surface area contributed by atoms with E-state index in [0.29, 0.717) is 18.1 Å². The molecule has 0 aliphatic rings. The number of halogens is 1. The van der Waals surface area contributed by atoms with Gasteiger partial charge in [-0.2, -0.15) is 0 Å². The van der Waals surface area contributed by atoms with Crippen LogP contribution in [-0.4, -0.2) is 25.1 Å². The van der Waals surface area contributed by atoms with Gasteiger partial charge in [0, 0.05) is 5.56 Å². The second kappa shape index (κ2) is 5.79. The molecule has 0 bridgehead atoms. The predicted molar refractivity (Wildman–Crippen MR) is 66.3 cm³/mol. The zero-order valence-corrected chi connectivity index (χ0v) is 10.7. The monoisotopic (exact) mass is 321 g/mol. The van der Waals surface area contributed by atoms with Crippen LogP contribution in [0, 0.1) is 3.57 Å². The van der Waals surface area contributed by atoms with Gasteiger partial charge in [-0.25, -0.2) is 0 Å². The SMILES string of the molecule is CCOc1cc(C=NO)cc(I)c1OC. The van der Waals surface area contributed by atoms with Crippen LogP contribution in [0.5, 0.6) is 11.5 Å². The molecule has 0 saturated heterocycles. The fourth-order valence-electron chi connectivity index (χ4n) is 1.19. The Morgan fingerprint density at radius 1 is 1.53 bits per heavy atom. The van der Waals surface area contributed by atoms with Crippen LogP contribution in [0.4, 0.5) is 0 Å². The summed E-state index contributed by atoms with van der Waals surface area (Å²) in [7, 11) is 1.60. The minimum atomic E-state index is 0.562. The molecule has 0 aliphatic carbocycles. The lowest BCUT2D eigenvalue weighted by molar-refractivity contribution is 0.309. The van der Waals surface area contributed by atoms with Crippen molar-refractivity contribution in [1.82, 2.24) is 0 Å². The number of benzene rings is 1. The van der Waals surface area contributed by atoms with Crippen molar-refractivity contribution >= 4 is 28.8 Å². The van der Waals surface area contributed by atoms with Gasteiger partial charge in [0.15, 0.2) is 11.5 Å². The fraction of sp³-hybridized carbons (Fsp3) is 0.300. The molecule has 0 atom stereocenters. The second-order valence-corrected chi connectivity index (χ2v) is 3.87. The van der Waals surface area contributed by atoms with E-state index in [1.165, 1.54) is 6.21 Å². The molecule has 0 heterocycles. The maximum atomic E-state index is 8.45. The summed E-state index contributed by atoms with van der Waals surface area (Å²) in [6.07, 6.45) is 1.35. The molecular weight excluding hydrogens is 309 g/mol. The standard InChI is InChI=1S/C10H12INO3/c1-3-15-9-5-7(6-12-13)4-8(11)10(9)14-2/h4-6,13H,3H2,1-2H3. The Morgan fingerprint density at radius 3 is 2.80 bits per heavy atom. The van der Waals surface area contributed by atoms with Crippen molar-refractivity contribution in [3.05, 3.63) is 21.3 Å². The third-order valence-electron chi connectivity index (χ3n) is 1.74. The van der Waals surface area contributed by atoms with Gasteiger partial charge >= 0.3 is 0 Å². The van der Waals surface area contributed by atoms with E-state index in [9.17, 15) is 0 Å². The molecule has 0 fully saturated rings. The van der Waals surface area contributed by atoms with Gasteiger partial charge in [-0.15, -0.1) is 0 Å². The Balaban J connectivity index is 3.18. The lowest BCUT2D eigenvalue weighted by Crippen LogP contribution is -1.98. The highest BCUT2D eigenvalue weighted by molar-refractivity contribution is 14.1. The molecule has 0 aromatic heterocycles. The fourth-order valence-corrected chi connectivity index (χ4v) is 2.04. The van der Waals surface area contributed by atoms with Crippen LogP contribution in [0.2, 0.25) is 0 Å².